The Kier molecular flexibility index (Phi) is 4.42. The molecule has 0 aromatic carbocycles. The maximum atomic E-state index is 5.85. The van der Waals surface area contributed by atoms with Crippen LogP contribution in [0.1, 0.15) is 53.9 Å². The van der Waals surface area contributed by atoms with Crippen LogP contribution in [-0.2, 0) is 0 Å². The van der Waals surface area contributed by atoms with Crippen molar-refractivity contribution in [2.75, 3.05) is 19.6 Å². The van der Waals surface area contributed by atoms with E-state index in [4.69, 9.17) is 5.73 Å². The Morgan fingerprint density at radius 3 is 2.31 bits per heavy atom. The van der Waals surface area contributed by atoms with E-state index in [1.807, 2.05) is 0 Å². The van der Waals surface area contributed by atoms with Crippen molar-refractivity contribution >= 4 is 0 Å². The normalized spacial score (nSPS) is 21.2. The lowest BCUT2D eigenvalue weighted by Crippen LogP contribution is -2.46. The summed E-state index contributed by atoms with van der Waals surface area (Å²) in [5.41, 5.74) is 6.68. The van der Waals surface area contributed by atoms with Crippen molar-refractivity contribution in [2.24, 2.45) is 16.6 Å². The summed E-state index contributed by atoms with van der Waals surface area (Å²) in [7, 11) is 0. The van der Waals surface area contributed by atoms with Gasteiger partial charge in [0, 0.05) is 12.6 Å². The molecule has 2 N–H and O–H groups in total. The van der Waals surface area contributed by atoms with E-state index in [9.17, 15) is 0 Å². The molecule has 1 aliphatic rings. The molecule has 1 atom stereocenters. The molecular weight excluding hydrogens is 196 g/mol. The molecule has 2 heteroatoms. The van der Waals surface area contributed by atoms with Gasteiger partial charge in [-0.2, -0.15) is 0 Å². The van der Waals surface area contributed by atoms with Crippen molar-refractivity contribution in [1.29, 1.82) is 0 Å². The molecule has 0 radical (unpaired) electrons. The molecule has 0 aromatic heterocycles. The summed E-state index contributed by atoms with van der Waals surface area (Å²) in [6.07, 6.45) is 4.04. The lowest BCUT2D eigenvalue weighted by molar-refractivity contribution is 0.101. The SMILES string of the molecule is CCCN(CC(C)(C)CN)C(C)C1(C)CC1. The fourth-order valence-corrected chi connectivity index (χ4v) is 2.37. The molecule has 0 bridgehead atoms. The Balaban J connectivity index is 2.59. The van der Waals surface area contributed by atoms with Crippen LogP contribution in [0.3, 0.4) is 0 Å². The van der Waals surface area contributed by atoms with Gasteiger partial charge in [0.1, 0.15) is 0 Å². The van der Waals surface area contributed by atoms with Gasteiger partial charge >= 0.3 is 0 Å². The number of rotatable bonds is 7. The van der Waals surface area contributed by atoms with Gasteiger partial charge in [0.15, 0.2) is 0 Å². The summed E-state index contributed by atoms with van der Waals surface area (Å²) in [6, 6.07) is 0.707. The first-order valence-electron chi connectivity index (χ1n) is 6.79. The molecule has 2 nitrogen and oxygen atoms in total. The molecule has 1 unspecified atom stereocenters. The van der Waals surface area contributed by atoms with Crippen LogP contribution in [-0.4, -0.2) is 30.6 Å². The van der Waals surface area contributed by atoms with Crippen LogP contribution in [0.2, 0.25) is 0 Å². The minimum absolute atomic E-state index is 0.245. The summed E-state index contributed by atoms with van der Waals surface area (Å²) in [5, 5.41) is 0. The van der Waals surface area contributed by atoms with Crippen LogP contribution in [0.4, 0.5) is 0 Å². The minimum Gasteiger partial charge on any atom is -0.330 e. The highest BCUT2D eigenvalue weighted by Crippen LogP contribution is 2.50. The van der Waals surface area contributed by atoms with E-state index in [1.54, 1.807) is 0 Å². The molecule has 96 valence electrons. The van der Waals surface area contributed by atoms with Gasteiger partial charge in [0.05, 0.1) is 0 Å². The van der Waals surface area contributed by atoms with Gasteiger partial charge in [0.25, 0.3) is 0 Å². The lowest BCUT2D eigenvalue weighted by Gasteiger charge is -2.38. The standard InChI is InChI=1S/C14H30N2/c1-6-9-16(11-13(3,4)10-15)12(2)14(5)7-8-14/h12H,6-11,15H2,1-5H3. The first kappa shape index (κ1) is 14.0. The zero-order valence-corrected chi connectivity index (χ0v) is 11.8. The summed E-state index contributed by atoms with van der Waals surface area (Å²) in [5.74, 6) is 0. The zero-order chi connectivity index (χ0) is 12.4. The van der Waals surface area contributed by atoms with Crippen LogP contribution in [0.25, 0.3) is 0 Å². The van der Waals surface area contributed by atoms with Gasteiger partial charge in [-0.05, 0) is 50.1 Å². The monoisotopic (exact) mass is 226 g/mol. The summed E-state index contributed by atoms with van der Waals surface area (Å²) in [4.78, 5) is 2.65. The van der Waals surface area contributed by atoms with Crippen LogP contribution < -0.4 is 5.73 Å². The predicted octanol–water partition coefficient (Wildman–Crippen LogP) is 2.87. The molecular formula is C14H30N2. The van der Waals surface area contributed by atoms with E-state index in [1.165, 1.54) is 25.8 Å². The third kappa shape index (κ3) is 3.46. The Bertz CT molecular complexity index is 219. The highest BCUT2D eigenvalue weighted by Gasteiger charge is 2.45. The molecule has 0 saturated heterocycles. The highest BCUT2D eigenvalue weighted by molar-refractivity contribution is 4.98. The molecule has 0 aromatic rings. The molecule has 0 amide bonds. The van der Waals surface area contributed by atoms with Gasteiger partial charge in [-0.25, -0.2) is 0 Å². The molecule has 0 heterocycles. The Morgan fingerprint density at radius 2 is 1.94 bits per heavy atom. The maximum Gasteiger partial charge on any atom is 0.0121 e. The third-order valence-electron chi connectivity index (χ3n) is 4.29. The molecule has 1 fully saturated rings. The first-order chi connectivity index (χ1) is 7.34. The Hall–Kier alpha value is -0.0800. The van der Waals surface area contributed by atoms with E-state index in [-0.39, 0.29) is 5.41 Å². The molecule has 1 aliphatic carbocycles. The zero-order valence-electron chi connectivity index (χ0n) is 11.8. The van der Waals surface area contributed by atoms with Crippen molar-refractivity contribution in [3.63, 3.8) is 0 Å². The topological polar surface area (TPSA) is 29.3 Å². The van der Waals surface area contributed by atoms with E-state index in [0.29, 0.717) is 11.5 Å². The van der Waals surface area contributed by atoms with E-state index in [0.717, 1.165) is 13.1 Å². The Labute approximate surface area is 102 Å². The van der Waals surface area contributed by atoms with Crippen molar-refractivity contribution in [3.05, 3.63) is 0 Å². The van der Waals surface area contributed by atoms with Crippen LogP contribution in [0.15, 0.2) is 0 Å². The summed E-state index contributed by atoms with van der Waals surface area (Å²) in [6.45, 7) is 14.8. The van der Waals surface area contributed by atoms with Gasteiger partial charge in [-0.1, -0.05) is 27.7 Å². The number of hydrogen-bond donors (Lipinski definition) is 1. The smallest absolute Gasteiger partial charge is 0.0121 e. The second kappa shape index (κ2) is 5.05. The highest BCUT2D eigenvalue weighted by atomic mass is 15.2. The van der Waals surface area contributed by atoms with E-state index >= 15 is 0 Å². The molecule has 1 rings (SSSR count). The number of nitrogens with two attached hydrogens (primary N) is 1. The molecule has 16 heavy (non-hydrogen) atoms. The molecule has 1 saturated carbocycles. The van der Waals surface area contributed by atoms with Crippen molar-refractivity contribution in [3.8, 4) is 0 Å². The average molecular weight is 226 g/mol. The Morgan fingerprint density at radius 1 is 1.38 bits per heavy atom. The minimum atomic E-state index is 0.245. The van der Waals surface area contributed by atoms with Gasteiger partial charge in [0.2, 0.25) is 0 Å². The predicted molar refractivity (Wildman–Crippen MR) is 71.5 cm³/mol. The quantitative estimate of drug-likeness (QED) is 0.723. The molecule has 0 aliphatic heterocycles. The van der Waals surface area contributed by atoms with Crippen LogP contribution in [0.5, 0.6) is 0 Å². The average Bonchev–Trinajstić information content (AvgIpc) is 2.96. The van der Waals surface area contributed by atoms with Gasteiger partial charge in [-0.15, -0.1) is 0 Å². The third-order valence-corrected chi connectivity index (χ3v) is 4.29. The van der Waals surface area contributed by atoms with Crippen LogP contribution in [0, 0.1) is 10.8 Å². The fraction of sp³-hybridized carbons (Fsp3) is 1.00. The van der Waals surface area contributed by atoms with Crippen molar-refractivity contribution < 1.29 is 0 Å². The fourth-order valence-electron chi connectivity index (χ4n) is 2.37. The van der Waals surface area contributed by atoms with Crippen molar-refractivity contribution in [1.82, 2.24) is 4.90 Å². The lowest BCUT2D eigenvalue weighted by atomic mass is 9.90. The maximum absolute atomic E-state index is 5.85. The summed E-state index contributed by atoms with van der Waals surface area (Å²) >= 11 is 0. The first-order valence-corrected chi connectivity index (χ1v) is 6.79. The number of nitrogens with zero attached hydrogens (tertiary/aromatic N) is 1. The van der Waals surface area contributed by atoms with Crippen molar-refractivity contribution in [2.45, 2.75) is 59.9 Å². The number of hydrogen-bond acceptors (Lipinski definition) is 2. The van der Waals surface area contributed by atoms with E-state index < -0.39 is 0 Å². The second-order valence-electron chi connectivity index (χ2n) is 6.67. The largest absolute Gasteiger partial charge is 0.330 e. The van der Waals surface area contributed by atoms with Gasteiger partial charge in [-0.3, -0.25) is 4.90 Å². The molecule has 0 spiro atoms. The second-order valence-corrected chi connectivity index (χ2v) is 6.67. The van der Waals surface area contributed by atoms with E-state index in [2.05, 4.69) is 39.5 Å². The van der Waals surface area contributed by atoms with Gasteiger partial charge < -0.3 is 5.73 Å². The van der Waals surface area contributed by atoms with Crippen LogP contribution >= 0.6 is 0 Å². The summed E-state index contributed by atoms with van der Waals surface area (Å²) < 4.78 is 0.